The highest BCUT2D eigenvalue weighted by atomic mass is 32.1. The Hall–Kier alpha value is -1.75. The molecule has 5 heteroatoms. The van der Waals surface area contributed by atoms with E-state index in [1.165, 1.54) is 43.2 Å². The van der Waals surface area contributed by atoms with Gasteiger partial charge in [-0.25, -0.2) is 0 Å². The molecular formula is C20H27N3OS. The molecule has 1 unspecified atom stereocenters. The quantitative estimate of drug-likeness (QED) is 0.824. The first-order chi connectivity index (χ1) is 12.2. The zero-order valence-corrected chi connectivity index (χ0v) is 15.9. The summed E-state index contributed by atoms with van der Waals surface area (Å²) in [5, 5.41) is 14.0. The van der Waals surface area contributed by atoms with Crippen LogP contribution in [-0.2, 0) is 17.6 Å². The number of carbonyl (C=O) groups is 1. The number of hydrogen-bond acceptors (Lipinski definition) is 4. The van der Waals surface area contributed by atoms with Gasteiger partial charge in [0.05, 0.1) is 6.04 Å². The van der Waals surface area contributed by atoms with Gasteiger partial charge in [0.1, 0.15) is 10.0 Å². The molecule has 3 rings (SSSR count). The third kappa shape index (κ3) is 4.88. The van der Waals surface area contributed by atoms with Crippen LogP contribution in [0, 0.1) is 0 Å². The van der Waals surface area contributed by atoms with Crippen LogP contribution in [0.4, 0.5) is 0 Å². The van der Waals surface area contributed by atoms with Crippen molar-refractivity contribution >= 4 is 17.2 Å². The van der Waals surface area contributed by atoms with E-state index in [-0.39, 0.29) is 11.9 Å². The average Bonchev–Trinajstić information content (AvgIpc) is 3.12. The van der Waals surface area contributed by atoms with Crippen LogP contribution in [0.3, 0.4) is 0 Å². The normalized spacial score (nSPS) is 16.6. The van der Waals surface area contributed by atoms with Crippen molar-refractivity contribution in [2.45, 2.75) is 70.8 Å². The third-order valence-electron chi connectivity index (χ3n) is 4.96. The monoisotopic (exact) mass is 357 g/mol. The Bertz CT molecular complexity index is 689. The predicted octanol–water partition coefficient (Wildman–Crippen LogP) is 4.57. The second-order valence-corrected chi connectivity index (χ2v) is 7.98. The highest BCUT2D eigenvalue weighted by Crippen LogP contribution is 2.35. The molecule has 1 saturated carbocycles. The number of benzene rings is 1. The number of rotatable bonds is 6. The minimum atomic E-state index is -0.0974. The number of aromatic nitrogens is 2. The Morgan fingerprint density at radius 2 is 1.84 bits per heavy atom. The van der Waals surface area contributed by atoms with E-state index in [2.05, 4.69) is 46.7 Å². The van der Waals surface area contributed by atoms with Crippen LogP contribution in [-0.4, -0.2) is 16.1 Å². The van der Waals surface area contributed by atoms with Crippen LogP contribution >= 0.6 is 11.3 Å². The summed E-state index contributed by atoms with van der Waals surface area (Å²) >= 11 is 1.68. The van der Waals surface area contributed by atoms with Crippen molar-refractivity contribution in [2.24, 2.45) is 0 Å². The van der Waals surface area contributed by atoms with Crippen molar-refractivity contribution in [2.75, 3.05) is 0 Å². The van der Waals surface area contributed by atoms with Crippen LogP contribution in [0.5, 0.6) is 0 Å². The summed E-state index contributed by atoms with van der Waals surface area (Å²) in [6, 6.07) is 8.52. The summed E-state index contributed by atoms with van der Waals surface area (Å²) in [5.41, 5.74) is 2.54. The first-order valence-electron chi connectivity index (χ1n) is 9.34. The van der Waals surface area contributed by atoms with Crippen molar-refractivity contribution < 1.29 is 4.79 Å². The van der Waals surface area contributed by atoms with Gasteiger partial charge in [0.2, 0.25) is 5.91 Å². The van der Waals surface area contributed by atoms with E-state index >= 15 is 0 Å². The highest BCUT2D eigenvalue weighted by molar-refractivity contribution is 7.11. The molecule has 0 spiro atoms. The van der Waals surface area contributed by atoms with Crippen LogP contribution in [0.2, 0.25) is 0 Å². The smallest absolute Gasteiger partial charge is 0.217 e. The molecule has 25 heavy (non-hydrogen) atoms. The van der Waals surface area contributed by atoms with Gasteiger partial charge in [-0.05, 0) is 36.8 Å². The molecule has 2 aromatic rings. The summed E-state index contributed by atoms with van der Waals surface area (Å²) in [6.07, 6.45) is 8.15. The maximum Gasteiger partial charge on any atom is 0.217 e. The summed E-state index contributed by atoms with van der Waals surface area (Å²) in [7, 11) is 0. The number of carbonyl (C=O) groups excluding carboxylic acids is 1. The van der Waals surface area contributed by atoms with E-state index in [4.69, 9.17) is 0 Å². The SMILES string of the molecule is CCc1ccc(CC(NC(C)=O)c2nnc(C3CCCCC3)s2)cc1. The minimum Gasteiger partial charge on any atom is -0.347 e. The number of nitrogens with one attached hydrogen (secondary N) is 1. The molecule has 1 aromatic heterocycles. The van der Waals surface area contributed by atoms with E-state index in [0.29, 0.717) is 5.92 Å². The molecule has 1 aliphatic carbocycles. The zero-order valence-electron chi connectivity index (χ0n) is 15.1. The average molecular weight is 358 g/mol. The summed E-state index contributed by atoms with van der Waals surface area (Å²) in [4.78, 5) is 11.7. The number of aryl methyl sites for hydroxylation is 1. The van der Waals surface area contributed by atoms with Crippen molar-refractivity contribution in [1.82, 2.24) is 15.5 Å². The molecule has 0 aliphatic heterocycles. The first-order valence-corrected chi connectivity index (χ1v) is 10.2. The van der Waals surface area contributed by atoms with Gasteiger partial charge >= 0.3 is 0 Å². The van der Waals surface area contributed by atoms with Gasteiger partial charge in [-0.2, -0.15) is 0 Å². The van der Waals surface area contributed by atoms with E-state index in [1.54, 1.807) is 18.3 Å². The van der Waals surface area contributed by atoms with Gasteiger partial charge < -0.3 is 5.32 Å². The fraction of sp³-hybridized carbons (Fsp3) is 0.550. The highest BCUT2D eigenvalue weighted by Gasteiger charge is 2.23. The molecule has 1 heterocycles. The van der Waals surface area contributed by atoms with E-state index in [9.17, 15) is 4.79 Å². The Labute approximate surface area is 154 Å². The summed E-state index contributed by atoms with van der Waals surface area (Å²) in [5.74, 6) is 0.534. The first kappa shape index (κ1) is 18.1. The Morgan fingerprint density at radius 1 is 1.16 bits per heavy atom. The summed E-state index contributed by atoms with van der Waals surface area (Å²) in [6.45, 7) is 3.72. The van der Waals surface area contributed by atoms with E-state index in [0.717, 1.165) is 22.9 Å². The van der Waals surface area contributed by atoms with Crippen LogP contribution < -0.4 is 5.32 Å². The van der Waals surface area contributed by atoms with Gasteiger partial charge in [-0.1, -0.05) is 61.8 Å². The van der Waals surface area contributed by atoms with Crippen LogP contribution in [0.1, 0.15) is 79.1 Å². The van der Waals surface area contributed by atoms with Crippen LogP contribution in [0.15, 0.2) is 24.3 Å². The third-order valence-corrected chi connectivity index (χ3v) is 6.16. The Balaban J connectivity index is 1.75. The van der Waals surface area contributed by atoms with Gasteiger partial charge in [0.25, 0.3) is 0 Å². The molecule has 0 bridgehead atoms. The van der Waals surface area contributed by atoms with Gasteiger partial charge in [-0.3, -0.25) is 4.79 Å². The molecule has 134 valence electrons. The van der Waals surface area contributed by atoms with Gasteiger partial charge in [0, 0.05) is 12.8 Å². The molecule has 0 radical (unpaired) electrons. The standard InChI is InChI=1S/C20H27N3OS/c1-3-15-9-11-16(12-10-15)13-18(21-14(2)24)20-23-22-19(25-20)17-7-5-4-6-8-17/h9-12,17-18H,3-8,13H2,1-2H3,(H,21,24). The van der Waals surface area contributed by atoms with Crippen molar-refractivity contribution in [3.63, 3.8) is 0 Å². The fourth-order valence-corrected chi connectivity index (χ4v) is 4.56. The molecule has 1 aliphatic rings. The molecule has 1 N–H and O–H groups in total. The van der Waals surface area contributed by atoms with E-state index in [1.807, 2.05) is 0 Å². The lowest BCUT2D eigenvalue weighted by Crippen LogP contribution is -2.27. The van der Waals surface area contributed by atoms with Gasteiger partial charge in [-0.15, -0.1) is 10.2 Å². The number of nitrogens with zero attached hydrogens (tertiary/aromatic N) is 2. The van der Waals surface area contributed by atoms with Crippen LogP contribution in [0.25, 0.3) is 0 Å². The van der Waals surface area contributed by atoms with Crippen molar-refractivity contribution in [3.05, 3.63) is 45.4 Å². The van der Waals surface area contributed by atoms with Gasteiger partial charge in [0.15, 0.2) is 0 Å². The Kier molecular flexibility index (Phi) is 6.19. The maximum atomic E-state index is 11.7. The molecule has 0 saturated heterocycles. The number of hydrogen-bond donors (Lipinski definition) is 1. The largest absolute Gasteiger partial charge is 0.347 e. The second kappa shape index (κ2) is 8.56. The molecule has 1 aromatic carbocycles. The maximum absolute atomic E-state index is 11.7. The molecule has 1 atom stereocenters. The van der Waals surface area contributed by atoms with E-state index < -0.39 is 0 Å². The lowest BCUT2D eigenvalue weighted by molar-refractivity contribution is -0.119. The van der Waals surface area contributed by atoms with Crippen molar-refractivity contribution in [1.29, 1.82) is 0 Å². The predicted molar refractivity (Wildman–Crippen MR) is 102 cm³/mol. The molecule has 1 fully saturated rings. The molecule has 4 nitrogen and oxygen atoms in total. The Morgan fingerprint density at radius 3 is 2.48 bits per heavy atom. The lowest BCUT2D eigenvalue weighted by atomic mass is 9.90. The summed E-state index contributed by atoms with van der Waals surface area (Å²) < 4.78 is 0. The topological polar surface area (TPSA) is 54.9 Å². The van der Waals surface area contributed by atoms with Crippen molar-refractivity contribution in [3.8, 4) is 0 Å². The molecule has 1 amide bonds. The molecular weight excluding hydrogens is 330 g/mol. The lowest BCUT2D eigenvalue weighted by Gasteiger charge is -2.18. The number of amides is 1. The second-order valence-electron chi connectivity index (χ2n) is 6.94. The zero-order chi connectivity index (χ0) is 17.6. The fourth-order valence-electron chi connectivity index (χ4n) is 3.49. The minimum absolute atomic E-state index is 0.0235.